The number of carboxylic acid groups (broad SMARTS) is 1. The standard InChI is InChI=1S/C18H22O4/c1-13-11-18(21)22-16-12-14(9-10-15(13)16)7-5-3-2-4-6-8-17(19)20/h9-12H,2-8H2,1H3,(H,19,20). The molecule has 0 amide bonds. The predicted octanol–water partition coefficient (Wildman–Crippen LogP) is 4.07. The quantitative estimate of drug-likeness (QED) is 0.589. The van der Waals surface area contributed by atoms with Crippen molar-refractivity contribution in [1.29, 1.82) is 0 Å². The predicted molar refractivity (Wildman–Crippen MR) is 86.3 cm³/mol. The van der Waals surface area contributed by atoms with Gasteiger partial charge in [0.15, 0.2) is 0 Å². The molecule has 1 heterocycles. The molecule has 0 radical (unpaired) electrons. The van der Waals surface area contributed by atoms with E-state index in [0.29, 0.717) is 5.58 Å². The minimum absolute atomic E-state index is 0.267. The second-order valence-corrected chi connectivity index (χ2v) is 5.74. The fourth-order valence-electron chi connectivity index (χ4n) is 2.66. The van der Waals surface area contributed by atoms with E-state index in [1.54, 1.807) is 0 Å². The Kier molecular flexibility index (Phi) is 5.75. The lowest BCUT2D eigenvalue weighted by Gasteiger charge is -2.05. The summed E-state index contributed by atoms with van der Waals surface area (Å²) >= 11 is 0. The number of carbonyl (C=O) groups is 1. The molecular weight excluding hydrogens is 280 g/mol. The van der Waals surface area contributed by atoms with Crippen molar-refractivity contribution in [3.05, 3.63) is 45.8 Å². The van der Waals surface area contributed by atoms with Gasteiger partial charge in [-0.3, -0.25) is 4.79 Å². The molecule has 0 aliphatic heterocycles. The van der Waals surface area contributed by atoms with Crippen LogP contribution in [0.3, 0.4) is 0 Å². The van der Waals surface area contributed by atoms with Gasteiger partial charge < -0.3 is 9.52 Å². The first kappa shape index (κ1) is 16.3. The Morgan fingerprint density at radius 1 is 1.09 bits per heavy atom. The van der Waals surface area contributed by atoms with Crippen LogP contribution in [0, 0.1) is 6.92 Å². The van der Waals surface area contributed by atoms with E-state index in [1.165, 1.54) is 11.6 Å². The summed E-state index contributed by atoms with van der Waals surface area (Å²) in [6.45, 7) is 1.91. The van der Waals surface area contributed by atoms with Gasteiger partial charge in [0, 0.05) is 17.9 Å². The molecule has 2 rings (SSSR count). The lowest BCUT2D eigenvalue weighted by molar-refractivity contribution is -0.137. The molecule has 0 aliphatic carbocycles. The van der Waals surface area contributed by atoms with Gasteiger partial charge in [-0.2, -0.15) is 0 Å². The maximum Gasteiger partial charge on any atom is 0.336 e. The van der Waals surface area contributed by atoms with Crippen LogP contribution in [-0.2, 0) is 11.2 Å². The van der Waals surface area contributed by atoms with E-state index in [4.69, 9.17) is 9.52 Å². The molecule has 0 aliphatic rings. The van der Waals surface area contributed by atoms with Crippen LogP contribution in [0.2, 0.25) is 0 Å². The van der Waals surface area contributed by atoms with Crippen molar-refractivity contribution in [2.75, 3.05) is 0 Å². The fraction of sp³-hybridized carbons (Fsp3) is 0.444. The number of aliphatic carboxylic acids is 1. The van der Waals surface area contributed by atoms with Gasteiger partial charge in [0.25, 0.3) is 0 Å². The Morgan fingerprint density at radius 3 is 2.59 bits per heavy atom. The minimum atomic E-state index is -0.715. The molecule has 0 bridgehead atoms. The molecule has 1 aromatic carbocycles. The van der Waals surface area contributed by atoms with Crippen molar-refractivity contribution in [3.63, 3.8) is 0 Å². The zero-order valence-electron chi connectivity index (χ0n) is 12.9. The Morgan fingerprint density at radius 2 is 1.82 bits per heavy atom. The maximum atomic E-state index is 11.4. The Balaban J connectivity index is 1.82. The van der Waals surface area contributed by atoms with Gasteiger partial charge in [-0.1, -0.05) is 31.4 Å². The smallest absolute Gasteiger partial charge is 0.336 e. The Hall–Kier alpha value is -2.10. The van der Waals surface area contributed by atoms with E-state index in [1.807, 2.05) is 19.1 Å². The summed E-state index contributed by atoms with van der Waals surface area (Å²) in [5.74, 6) is -0.715. The van der Waals surface area contributed by atoms with Gasteiger partial charge in [-0.15, -0.1) is 0 Å². The number of hydrogen-bond donors (Lipinski definition) is 1. The van der Waals surface area contributed by atoms with Crippen molar-refractivity contribution < 1.29 is 14.3 Å². The summed E-state index contributed by atoms with van der Waals surface area (Å²) in [7, 11) is 0. The van der Waals surface area contributed by atoms with Crippen LogP contribution in [0.15, 0.2) is 33.5 Å². The van der Waals surface area contributed by atoms with Gasteiger partial charge in [-0.05, 0) is 43.4 Å². The minimum Gasteiger partial charge on any atom is -0.481 e. The lowest BCUT2D eigenvalue weighted by Crippen LogP contribution is -1.98. The Bertz CT molecular complexity index is 700. The number of benzene rings is 1. The van der Waals surface area contributed by atoms with Crippen molar-refractivity contribution in [2.24, 2.45) is 0 Å². The number of carboxylic acids is 1. The lowest BCUT2D eigenvalue weighted by atomic mass is 10.0. The van der Waals surface area contributed by atoms with Crippen molar-refractivity contribution in [3.8, 4) is 0 Å². The third kappa shape index (κ3) is 4.72. The second-order valence-electron chi connectivity index (χ2n) is 5.74. The van der Waals surface area contributed by atoms with Crippen LogP contribution in [0.25, 0.3) is 11.0 Å². The fourth-order valence-corrected chi connectivity index (χ4v) is 2.66. The molecule has 4 nitrogen and oxygen atoms in total. The van der Waals surface area contributed by atoms with E-state index < -0.39 is 5.97 Å². The molecule has 0 fully saturated rings. The first-order valence-electron chi connectivity index (χ1n) is 7.81. The number of aryl methyl sites for hydroxylation is 2. The number of fused-ring (bicyclic) bond motifs is 1. The van der Waals surface area contributed by atoms with E-state index in [0.717, 1.165) is 49.5 Å². The largest absolute Gasteiger partial charge is 0.481 e. The highest BCUT2D eigenvalue weighted by atomic mass is 16.4. The molecule has 4 heteroatoms. The highest BCUT2D eigenvalue weighted by Gasteiger charge is 2.03. The first-order chi connectivity index (χ1) is 10.6. The highest BCUT2D eigenvalue weighted by molar-refractivity contribution is 5.80. The summed E-state index contributed by atoms with van der Waals surface area (Å²) < 4.78 is 5.25. The average molecular weight is 302 g/mol. The number of rotatable bonds is 8. The molecule has 1 N–H and O–H groups in total. The number of hydrogen-bond acceptors (Lipinski definition) is 3. The average Bonchev–Trinajstić information content (AvgIpc) is 2.45. The maximum absolute atomic E-state index is 11.4. The van der Waals surface area contributed by atoms with Crippen molar-refractivity contribution in [1.82, 2.24) is 0 Å². The SMILES string of the molecule is Cc1cc(=O)oc2cc(CCCCCCCC(=O)O)ccc12. The van der Waals surface area contributed by atoms with Gasteiger partial charge in [0.2, 0.25) is 0 Å². The molecule has 0 atom stereocenters. The van der Waals surface area contributed by atoms with E-state index in [9.17, 15) is 9.59 Å². The van der Waals surface area contributed by atoms with E-state index in [2.05, 4.69) is 6.07 Å². The van der Waals surface area contributed by atoms with Crippen LogP contribution in [0.1, 0.15) is 49.7 Å². The van der Waals surface area contributed by atoms with Crippen molar-refractivity contribution >= 4 is 16.9 Å². The normalized spacial score (nSPS) is 11.0. The van der Waals surface area contributed by atoms with Crippen LogP contribution in [0.4, 0.5) is 0 Å². The van der Waals surface area contributed by atoms with Crippen LogP contribution in [-0.4, -0.2) is 11.1 Å². The van der Waals surface area contributed by atoms with Crippen LogP contribution >= 0.6 is 0 Å². The van der Waals surface area contributed by atoms with Crippen LogP contribution < -0.4 is 5.63 Å². The van der Waals surface area contributed by atoms with Gasteiger partial charge in [0.1, 0.15) is 5.58 Å². The molecule has 118 valence electrons. The summed E-state index contributed by atoms with van der Waals surface area (Å²) in [5.41, 5.74) is 2.47. The van der Waals surface area contributed by atoms with E-state index >= 15 is 0 Å². The summed E-state index contributed by atoms with van der Waals surface area (Å²) in [6.07, 6.45) is 6.17. The summed E-state index contributed by atoms with van der Waals surface area (Å²) in [4.78, 5) is 21.8. The molecule has 0 unspecified atom stereocenters. The molecule has 22 heavy (non-hydrogen) atoms. The molecular formula is C18H22O4. The highest BCUT2D eigenvalue weighted by Crippen LogP contribution is 2.19. The molecule has 2 aromatic rings. The molecule has 0 saturated heterocycles. The van der Waals surface area contributed by atoms with Gasteiger partial charge in [0.05, 0.1) is 0 Å². The zero-order valence-corrected chi connectivity index (χ0v) is 12.9. The van der Waals surface area contributed by atoms with Crippen LogP contribution in [0.5, 0.6) is 0 Å². The zero-order chi connectivity index (χ0) is 15.9. The monoisotopic (exact) mass is 302 g/mol. The summed E-state index contributed by atoms with van der Waals surface area (Å²) in [6, 6.07) is 7.56. The molecule has 0 spiro atoms. The summed E-state index contributed by atoms with van der Waals surface area (Å²) in [5, 5.41) is 9.54. The topological polar surface area (TPSA) is 67.5 Å². The van der Waals surface area contributed by atoms with Gasteiger partial charge >= 0.3 is 11.6 Å². The van der Waals surface area contributed by atoms with Gasteiger partial charge in [-0.25, -0.2) is 4.79 Å². The second kappa shape index (κ2) is 7.78. The first-order valence-corrected chi connectivity index (χ1v) is 7.81. The Labute approximate surface area is 129 Å². The van der Waals surface area contributed by atoms with E-state index in [-0.39, 0.29) is 12.0 Å². The third-order valence-corrected chi connectivity index (χ3v) is 3.87. The number of unbranched alkanes of at least 4 members (excludes halogenated alkanes) is 4. The molecule has 1 aromatic heterocycles. The van der Waals surface area contributed by atoms with Crippen molar-refractivity contribution in [2.45, 2.75) is 51.9 Å². The third-order valence-electron chi connectivity index (χ3n) is 3.87. The molecule has 0 saturated carbocycles.